The van der Waals surface area contributed by atoms with E-state index in [9.17, 15) is 0 Å². The lowest BCUT2D eigenvalue weighted by Gasteiger charge is -2.45. The van der Waals surface area contributed by atoms with Crippen LogP contribution in [0, 0.1) is 0 Å². The molecule has 2 fully saturated rings. The topological polar surface area (TPSA) is 6.48 Å². The summed E-state index contributed by atoms with van der Waals surface area (Å²) in [6.45, 7) is 0.104. The summed E-state index contributed by atoms with van der Waals surface area (Å²) in [6, 6.07) is 58.9. The Kier molecular flexibility index (Phi) is 6.73. The zero-order valence-corrected chi connectivity index (χ0v) is 32.5. The Morgan fingerprint density at radius 2 is 0.930 bits per heavy atom. The number of fused-ring (bicyclic) bond motifs is 14. The van der Waals surface area contributed by atoms with Crippen molar-refractivity contribution in [2.24, 2.45) is 0 Å². The molecule has 0 radical (unpaired) electrons. The number of rotatable bonds is 2. The third-order valence-corrected chi connectivity index (χ3v) is 15.2. The van der Waals surface area contributed by atoms with Crippen LogP contribution in [-0.2, 0) is 10.8 Å². The number of anilines is 6. The van der Waals surface area contributed by atoms with Gasteiger partial charge in [0.25, 0.3) is 6.71 Å². The van der Waals surface area contributed by atoms with Gasteiger partial charge in [0.2, 0.25) is 0 Å². The van der Waals surface area contributed by atoms with Crippen LogP contribution < -0.4 is 26.2 Å². The normalized spacial score (nSPS) is 18.4. The maximum Gasteiger partial charge on any atom is 0.252 e. The molecule has 0 aromatic heterocycles. The molecule has 2 heterocycles. The minimum absolute atomic E-state index is 0.0879. The first-order valence-electron chi connectivity index (χ1n) is 21.7. The second-order valence-corrected chi connectivity index (χ2v) is 17.7. The number of benzene rings is 7. The van der Waals surface area contributed by atoms with Gasteiger partial charge >= 0.3 is 0 Å². The van der Waals surface area contributed by atoms with Crippen LogP contribution in [0.5, 0.6) is 0 Å². The monoisotopic (exact) mass is 732 g/mol. The van der Waals surface area contributed by atoms with Crippen molar-refractivity contribution in [3.05, 3.63) is 174 Å². The maximum atomic E-state index is 2.65. The largest absolute Gasteiger partial charge is 0.311 e. The molecule has 4 aliphatic carbocycles. The van der Waals surface area contributed by atoms with E-state index in [0.717, 1.165) is 0 Å². The van der Waals surface area contributed by atoms with Gasteiger partial charge in [0.1, 0.15) is 0 Å². The minimum atomic E-state index is 0.0879. The van der Waals surface area contributed by atoms with Crippen LogP contribution in [0.15, 0.2) is 152 Å². The zero-order valence-electron chi connectivity index (χ0n) is 32.5. The Morgan fingerprint density at radius 3 is 1.70 bits per heavy atom. The molecule has 6 aliphatic rings. The van der Waals surface area contributed by atoms with Crippen LogP contribution in [0.1, 0.15) is 86.5 Å². The number of para-hydroxylation sites is 2. The van der Waals surface area contributed by atoms with Gasteiger partial charge < -0.3 is 9.80 Å². The summed E-state index contributed by atoms with van der Waals surface area (Å²) < 4.78 is 0. The van der Waals surface area contributed by atoms with Crippen LogP contribution in [0.4, 0.5) is 34.1 Å². The van der Waals surface area contributed by atoms with Crippen molar-refractivity contribution in [2.75, 3.05) is 9.80 Å². The fourth-order valence-electron chi connectivity index (χ4n) is 13.0. The van der Waals surface area contributed by atoms with Crippen molar-refractivity contribution >= 4 is 57.2 Å². The van der Waals surface area contributed by atoms with E-state index in [4.69, 9.17) is 0 Å². The fourth-order valence-corrected chi connectivity index (χ4v) is 13.0. The molecule has 2 spiro atoms. The summed E-state index contributed by atoms with van der Waals surface area (Å²) in [7, 11) is 0. The van der Waals surface area contributed by atoms with Gasteiger partial charge in [-0.25, -0.2) is 0 Å². The van der Waals surface area contributed by atoms with E-state index in [1.165, 1.54) is 143 Å². The van der Waals surface area contributed by atoms with Crippen molar-refractivity contribution in [2.45, 2.75) is 75.0 Å². The molecular weight excluding hydrogens is 687 g/mol. The third kappa shape index (κ3) is 4.17. The van der Waals surface area contributed by atoms with Gasteiger partial charge in [0, 0.05) is 44.8 Å². The Hall–Kier alpha value is -5.80. The van der Waals surface area contributed by atoms with E-state index in [0.29, 0.717) is 0 Å². The Labute approximate surface area is 336 Å². The highest BCUT2D eigenvalue weighted by molar-refractivity contribution is 7.00. The van der Waals surface area contributed by atoms with Gasteiger partial charge in [-0.2, -0.15) is 0 Å². The summed E-state index contributed by atoms with van der Waals surface area (Å²) in [4.78, 5) is 5.26. The molecule has 2 nitrogen and oxygen atoms in total. The van der Waals surface area contributed by atoms with Crippen molar-refractivity contribution in [1.29, 1.82) is 0 Å². The van der Waals surface area contributed by atoms with Crippen molar-refractivity contribution in [3.8, 4) is 22.3 Å². The number of hydrogen-bond donors (Lipinski definition) is 0. The van der Waals surface area contributed by atoms with E-state index < -0.39 is 0 Å². The van der Waals surface area contributed by atoms with Crippen molar-refractivity contribution in [1.82, 2.24) is 0 Å². The first kappa shape index (κ1) is 32.3. The zero-order chi connectivity index (χ0) is 37.3. The number of nitrogens with zero attached hydrogens (tertiary/aromatic N) is 2. The van der Waals surface area contributed by atoms with Crippen molar-refractivity contribution < 1.29 is 0 Å². The predicted molar refractivity (Wildman–Crippen MR) is 239 cm³/mol. The van der Waals surface area contributed by atoms with Crippen LogP contribution in [0.25, 0.3) is 22.3 Å². The standard InChI is InChI=1S/C54H45BN2/c1-4-18-36(19-5-1)56-48-28-17-29-49-52(48)55(45-34-39-37-20-6-8-22-40(37)54(32-14-3-15-33-54)43(39)35-50(45)56)44-25-10-11-26-46(44)57(49)47-27-16-24-42-51(47)38-21-7-9-23-41(38)53(42)30-12-2-13-31-53/h1,4-11,16-29,34-35H,2-3,12-15,30-33H2. The van der Waals surface area contributed by atoms with Gasteiger partial charge in [0.05, 0.1) is 5.69 Å². The van der Waals surface area contributed by atoms with E-state index in [1.54, 1.807) is 16.7 Å². The second kappa shape index (κ2) is 11.9. The van der Waals surface area contributed by atoms with Gasteiger partial charge in [-0.1, -0.05) is 148 Å². The lowest BCUT2D eigenvalue weighted by molar-refractivity contribution is 0.353. The van der Waals surface area contributed by atoms with Crippen molar-refractivity contribution in [3.63, 3.8) is 0 Å². The molecular formula is C54H45BN2. The fraction of sp³-hybridized carbons (Fsp3) is 0.222. The molecule has 0 N–H and O–H groups in total. The van der Waals surface area contributed by atoms with Gasteiger partial charge in [-0.05, 0) is 123 Å². The van der Waals surface area contributed by atoms with Crippen LogP contribution in [0.3, 0.4) is 0 Å². The predicted octanol–water partition coefficient (Wildman–Crippen LogP) is 12.2. The molecule has 0 bridgehead atoms. The molecule has 274 valence electrons. The molecule has 7 aromatic carbocycles. The van der Waals surface area contributed by atoms with E-state index in [1.807, 2.05) is 0 Å². The SMILES string of the molecule is c1ccc(N2c3cc4c(cc3B3c5ccccc5N(c5cccc6c5-c5ccccc5C65CCCCC5)c5cccc2c53)-c2ccccc2C42CCCCC2)cc1. The summed E-state index contributed by atoms with van der Waals surface area (Å²) >= 11 is 0. The molecule has 13 rings (SSSR count). The van der Waals surface area contributed by atoms with Crippen LogP contribution in [0.2, 0.25) is 0 Å². The molecule has 0 saturated heterocycles. The van der Waals surface area contributed by atoms with E-state index in [-0.39, 0.29) is 17.5 Å². The molecule has 3 heteroatoms. The van der Waals surface area contributed by atoms with Gasteiger partial charge in [-0.3, -0.25) is 0 Å². The first-order valence-corrected chi connectivity index (χ1v) is 21.7. The lowest BCUT2D eigenvalue weighted by atomic mass is 9.33. The first-order chi connectivity index (χ1) is 28.3. The average Bonchev–Trinajstić information content (AvgIpc) is 3.69. The summed E-state index contributed by atoms with van der Waals surface area (Å²) in [5, 5.41) is 0. The molecule has 0 atom stereocenters. The molecule has 2 aliphatic heterocycles. The third-order valence-electron chi connectivity index (χ3n) is 15.2. The summed E-state index contributed by atoms with van der Waals surface area (Å²) in [5.41, 5.74) is 24.1. The van der Waals surface area contributed by atoms with Crippen LogP contribution in [-0.4, -0.2) is 6.71 Å². The molecule has 57 heavy (non-hydrogen) atoms. The van der Waals surface area contributed by atoms with Crippen LogP contribution >= 0.6 is 0 Å². The molecule has 7 aromatic rings. The Morgan fingerprint density at radius 1 is 0.368 bits per heavy atom. The molecule has 0 amide bonds. The second-order valence-electron chi connectivity index (χ2n) is 17.7. The summed E-state index contributed by atoms with van der Waals surface area (Å²) in [5.74, 6) is 0. The highest BCUT2D eigenvalue weighted by atomic mass is 15.2. The van der Waals surface area contributed by atoms with E-state index >= 15 is 0 Å². The quantitative estimate of drug-likeness (QED) is 0.163. The Bertz CT molecular complexity index is 2790. The highest BCUT2D eigenvalue weighted by Gasteiger charge is 2.50. The smallest absolute Gasteiger partial charge is 0.252 e. The lowest BCUT2D eigenvalue weighted by Crippen LogP contribution is -2.61. The average molecular weight is 733 g/mol. The minimum Gasteiger partial charge on any atom is -0.311 e. The van der Waals surface area contributed by atoms with E-state index in [2.05, 4.69) is 161 Å². The van der Waals surface area contributed by atoms with Gasteiger partial charge in [0.15, 0.2) is 0 Å². The van der Waals surface area contributed by atoms with Gasteiger partial charge in [-0.15, -0.1) is 0 Å². The molecule has 0 unspecified atom stereocenters. The number of hydrogen-bond acceptors (Lipinski definition) is 2. The summed E-state index contributed by atoms with van der Waals surface area (Å²) in [6.07, 6.45) is 12.8. The molecule has 2 saturated carbocycles. The Balaban J connectivity index is 1.09. The highest BCUT2D eigenvalue weighted by Crippen LogP contribution is 2.60. The maximum absolute atomic E-state index is 2.65.